The van der Waals surface area contributed by atoms with E-state index in [-0.39, 0.29) is 17.2 Å². The number of benzene rings is 2. The van der Waals surface area contributed by atoms with E-state index in [1.54, 1.807) is 25.6 Å². The Morgan fingerprint density at radius 3 is 2.61 bits per heavy atom. The second-order valence-corrected chi connectivity index (χ2v) is 9.62. The van der Waals surface area contributed by atoms with Gasteiger partial charge in [0.1, 0.15) is 22.8 Å². The van der Waals surface area contributed by atoms with Crippen LogP contribution in [0.2, 0.25) is 0 Å². The van der Waals surface area contributed by atoms with Crippen molar-refractivity contribution in [2.45, 2.75) is 19.5 Å². The number of rotatable bonds is 7. The molecule has 0 aliphatic heterocycles. The molecule has 4 aromatic heterocycles. The topological polar surface area (TPSA) is 121 Å². The number of aromatic nitrogens is 5. The number of nitrogens with one attached hydrogen (secondary N) is 1. The maximum absolute atomic E-state index is 14.0. The number of halogens is 1. The second kappa shape index (κ2) is 10.6. The van der Waals surface area contributed by atoms with Crippen molar-refractivity contribution >= 4 is 33.7 Å². The number of methoxy groups -OCH3 is 1. The summed E-state index contributed by atoms with van der Waals surface area (Å²) in [4.78, 5) is 31.4. The van der Waals surface area contributed by atoms with Crippen LogP contribution in [0.15, 0.2) is 90.0 Å². The first-order chi connectivity index (χ1) is 19.9. The summed E-state index contributed by atoms with van der Waals surface area (Å²) in [5, 5.41) is 4.31. The first-order valence-electron chi connectivity index (χ1n) is 13.0. The smallest absolute Gasteiger partial charge is 0.224 e. The van der Waals surface area contributed by atoms with Gasteiger partial charge in [0.15, 0.2) is 11.1 Å². The van der Waals surface area contributed by atoms with Crippen LogP contribution in [0.5, 0.6) is 5.75 Å². The molecule has 10 heteroatoms. The molecule has 0 radical (unpaired) electrons. The molecule has 0 saturated heterocycles. The van der Waals surface area contributed by atoms with Crippen LogP contribution in [-0.4, -0.2) is 31.6 Å². The normalized spacial score (nSPS) is 12.0. The lowest BCUT2D eigenvalue weighted by atomic mass is 10.0. The summed E-state index contributed by atoms with van der Waals surface area (Å²) in [6.07, 6.45) is 3.38. The van der Waals surface area contributed by atoms with Crippen molar-refractivity contribution in [1.29, 1.82) is 0 Å². The first-order valence-corrected chi connectivity index (χ1v) is 13.0. The Kier molecular flexibility index (Phi) is 6.72. The largest absolute Gasteiger partial charge is 0.497 e. The highest BCUT2D eigenvalue weighted by atomic mass is 19.1. The molecule has 0 aliphatic rings. The van der Waals surface area contributed by atoms with Gasteiger partial charge < -0.3 is 20.4 Å². The zero-order valence-corrected chi connectivity index (χ0v) is 22.4. The van der Waals surface area contributed by atoms with Crippen molar-refractivity contribution in [3.05, 3.63) is 112 Å². The molecule has 2 aromatic carbocycles. The van der Waals surface area contributed by atoms with E-state index in [0.717, 1.165) is 16.9 Å². The molecule has 0 aliphatic carbocycles. The van der Waals surface area contributed by atoms with Crippen molar-refractivity contribution in [1.82, 2.24) is 24.5 Å². The summed E-state index contributed by atoms with van der Waals surface area (Å²) >= 11 is 0. The van der Waals surface area contributed by atoms with Crippen molar-refractivity contribution in [2.75, 3.05) is 18.2 Å². The van der Waals surface area contributed by atoms with E-state index >= 15 is 0 Å². The van der Waals surface area contributed by atoms with Crippen LogP contribution < -0.4 is 21.2 Å². The van der Waals surface area contributed by atoms with Gasteiger partial charge in [0, 0.05) is 36.0 Å². The maximum atomic E-state index is 14.0. The highest BCUT2D eigenvalue weighted by Gasteiger charge is 2.20. The van der Waals surface area contributed by atoms with E-state index in [9.17, 15) is 9.18 Å². The fourth-order valence-corrected chi connectivity index (χ4v) is 4.86. The average molecular weight is 548 g/mol. The van der Waals surface area contributed by atoms with Gasteiger partial charge in [0.2, 0.25) is 5.95 Å². The van der Waals surface area contributed by atoms with Gasteiger partial charge in [-0.15, -0.1) is 0 Å². The minimum absolute atomic E-state index is 0.0215. The number of anilines is 2. The van der Waals surface area contributed by atoms with Gasteiger partial charge in [0.25, 0.3) is 0 Å². The second-order valence-electron chi connectivity index (χ2n) is 9.62. The van der Waals surface area contributed by atoms with Gasteiger partial charge >= 0.3 is 0 Å². The number of hydrogen-bond acceptors (Lipinski definition) is 8. The summed E-state index contributed by atoms with van der Waals surface area (Å²) < 4.78 is 21.1. The lowest BCUT2D eigenvalue weighted by Crippen LogP contribution is -2.18. The highest BCUT2D eigenvalue weighted by molar-refractivity contribution is 5.88. The fraction of sp³-hybridized carbons (Fsp3) is 0.129. The minimum Gasteiger partial charge on any atom is -0.497 e. The summed E-state index contributed by atoms with van der Waals surface area (Å²) in [7, 11) is 1.62. The van der Waals surface area contributed by atoms with Gasteiger partial charge in [-0.3, -0.25) is 9.78 Å². The first kappa shape index (κ1) is 25.9. The summed E-state index contributed by atoms with van der Waals surface area (Å²) in [5.74, 6) is 0.720. The molecule has 0 spiro atoms. The Hall–Kier alpha value is -5.38. The molecule has 9 nitrogen and oxygen atoms in total. The van der Waals surface area contributed by atoms with Gasteiger partial charge in [-0.1, -0.05) is 18.2 Å². The van der Waals surface area contributed by atoms with Gasteiger partial charge in [0.05, 0.1) is 30.1 Å². The molecule has 1 atom stereocenters. The SMILES string of the molecule is COc1ccc(Cn2ccc(=O)c3c(NC(C)c4nc5ccc(F)cc5cc4-c4ccccn4)nc(N)nc32)cc1. The van der Waals surface area contributed by atoms with Crippen LogP contribution in [0.3, 0.4) is 0 Å². The molecule has 0 bridgehead atoms. The van der Waals surface area contributed by atoms with Gasteiger partial charge in [-0.25, -0.2) is 9.37 Å². The lowest BCUT2D eigenvalue weighted by molar-refractivity contribution is 0.414. The third-order valence-electron chi connectivity index (χ3n) is 6.85. The Bertz CT molecular complexity index is 1940. The van der Waals surface area contributed by atoms with Crippen LogP contribution in [0.4, 0.5) is 16.2 Å². The molecular formula is C31H26FN7O2. The molecule has 6 rings (SSSR count). The van der Waals surface area contributed by atoms with Crippen molar-refractivity contribution in [2.24, 2.45) is 0 Å². The van der Waals surface area contributed by atoms with Crippen molar-refractivity contribution in [3.8, 4) is 17.0 Å². The van der Waals surface area contributed by atoms with Crippen LogP contribution >= 0.6 is 0 Å². The van der Waals surface area contributed by atoms with Crippen LogP contribution in [0, 0.1) is 5.82 Å². The zero-order valence-electron chi connectivity index (χ0n) is 22.4. The molecule has 6 aromatic rings. The number of hydrogen-bond donors (Lipinski definition) is 2. The summed E-state index contributed by atoms with van der Waals surface area (Å²) in [5.41, 5.74) is 10.00. The average Bonchev–Trinajstić information content (AvgIpc) is 2.98. The van der Waals surface area contributed by atoms with E-state index in [0.29, 0.717) is 45.7 Å². The predicted octanol–water partition coefficient (Wildman–Crippen LogP) is 5.35. The Labute approximate surface area is 234 Å². The van der Waals surface area contributed by atoms with Crippen molar-refractivity contribution < 1.29 is 9.13 Å². The fourth-order valence-electron chi connectivity index (χ4n) is 4.86. The quantitative estimate of drug-likeness (QED) is 0.274. The molecule has 204 valence electrons. The third-order valence-corrected chi connectivity index (χ3v) is 6.85. The summed E-state index contributed by atoms with van der Waals surface area (Å²) in [6, 6.07) is 20.6. The number of nitrogens with two attached hydrogens (primary N) is 1. The molecule has 1 unspecified atom stereocenters. The van der Waals surface area contributed by atoms with E-state index in [1.807, 2.05) is 60.0 Å². The lowest BCUT2D eigenvalue weighted by Gasteiger charge is -2.20. The maximum Gasteiger partial charge on any atom is 0.224 e. The Balaban J connectivity index is 1.44. The van der Waals surface area contributed by atoms with E-state index in [4.69, 9.17) is 15.5 Å². The summed E-state index contributed by atoms with van der Waals surface area (Å²) in [6.45, 7) is 2.37. The molecule has 4 heterocycles. The molecular weight excluding hydrogens is 521 g/mol. The molecule has 0 amide bonds. The molecule has 0 fully saturated rings. The number of pyridine rings is 3. The van der Waals surface area contributed by atoms with Crippen LogP contribution in [0.25, 0.3) is 33.2 Å². The molecule has 3 N–H and O–H groups in total. The van der Waals surface area contributed by atoms with Crippen LogP contribution in [-0.2, 0) is 6.54 Å². The Morgan fingerprint density at radius 2 is 1.85 bits per heavy atom. The molecule has 0 saturated carbocycles. The van der Waals surface area contributed by atoms with Crippen LogP contribution in [0.1, 0.15) is 24.2 Å². The third kappa shape index (κ3) is 5.14. The monoisotopic (exact) mass is 547 g/mol. The standard InChI is InChI=1S/C31H26FN7O2/c1-18(28-23(25-5-3-4-13-34-25)16-20-15-21(32)8-11-24(20)36-28)35-29-27-26(40)12-14-39(30(27)38-31(33)37-29)17-19-6-9-22(41-2)10-7-19/h3-16,18H,17H2,1-2H3,(H3,33,35,37,38). The minimum atomic E-state index is -0.436. The number of nitrogen functional groups attached to an aromatic ring is 1. The number of nitrogens with zero attached hydrogens (tertiary/aromatic N) is 5. The zero-order chi connectivity index (χ0) is 28.5. The van der Waals surface area contributed by atoms with Gasteiger partial charge in [-0.05, 0) is 61.0 Å². The number of fused-ring (bicyclic) bond motifs is 2. The van der Waals surface area contributed by atoms with Crippen molar-refractivity contribution in [3.63, 3.8) is 0 Å². The predicted molar refractivity (Wildman–Crippen MR) is 157 cm³/mol. The van der Waals surface area contributed by atoms with E-state index < -0.39 is 6.04 Å². The Morgan fingerprint density at radius 1 is 1.02 bits per heavy atom. The van der Waals surface area contributed by atoms with Gasteiger partial charge in [-0.2, -0.15) is 9.97 Å². The highest BCUT2D eigenvalue weighted by Crippen LogP contribution is 2.32. The van der Waals surface area contributed by atoms with E-state index in [2.05, 4.69) is 20.3 Å². The van der Waals surface area contributed by atoms with E-state index in [1.165, 1.54) is 18.2 Å². The molecule has 41 heavy (non-hydrogen) atoms. The number of ether oxygens (including phenoxy) is 1.